The number of benzene rings is 1. The van der Waals surface area contributed by atoms with E-state index in [1.165, 1.54) is 30.6 Å². The largest absolute Gasteiger partial charge is 0.496 e. The molecule has 2 aliphatic rings. The van der Waals surface area contributed by atoms with Crippen LogP contribution >= 0.6 is 11.3 Å². The summed E-state index contributed by atoms with van der Waals surface area (Å²) in [6.45, 7) is 5.08. The summed E-state index contributed by atoms with van der Waals surface area (Å²) in [4.78, 5) is 19.0. The van der Waals surface area contributed by atoms with Crippen LogP contribution in [0.5, 0.6) is 5.75 Å². The molecule has 40 heavy (non-hydrogen) atoms. The van der Waals surface area contributed by atoms with Gasteiger partial charge in [0.15, 0.2) is 5.82 Å². The predicted octanol–water partition coefficient (Wildman–Crippen LogP) is 2.80. The number of halogens is 3. The van der Waals surface area contributed by atoms with Crippen LogP contribution in [0.3, 0.4) is 0 Å². The third-order valence-electron chi connectivity index (χ3n) is 6.88. The highest BCUT2D eigenvalue weighted by atomic mass is 32.1. The monoisotopic (exact) mass is 577 g/mol. The number of amides is 1. The Morgan fingerprint density at radius 3 is 2.58 bits per heavy atom. The molecule has 0 saturated carbocycles. The number of anilines is 3. The SMILES string of the molecule is COc1cc(CN2CCN(CC(=O)Nc3nnc(N[C@@H]4CCN(c5cccnn5)C4)s3)CC2)ccc1C(F)(F)F. The molecule has 2 saturated heterocycles. The fourth-order valence-corrected chi connectivity index (χ4v) is 5.59. The van der Waals surface area contributed by atoms with Crippen LogP contribution in [0.2, 0.25) is 0 Å². The number of methoxy groups -OCH3 is 1. The molecule has 0 spiro atoms. The van der Waals surface area contributed by atoms with Crippen molar-refractivity contribution in [2.24, 2.45) is 0 Å². The van der Waals surface area contributed by atoms with Crippen LogP contribution in [-0.4, -0.2) is 95.1 Å². The van der Waals surface area contributed by atoms with Crippen LogP contribution < -0.4 is 20.3 Å². The number of carbonyl (C=O) groups is 1. The number of piperazine rings is 1. The van der Waals surface area contributed by atoms with Gasteiger partial charge in [0, 0.05) is 58.1 Å². The molecule has 0 bridgehead atoms. The van der Waals surface area contributed by atoms with Gasteiger partial charge < -0.3 is 15.0 Å². The lowest BCUT2D eigenvalue weighted by Crippen LogP contribution is -2.48. The first kappa shape index (κ1) is 28.0. The number of nitrogens with zero attached hydrogens (tertiary/aromatic N) is 7. The van der Waals surface area contributed by atoms with Gasteiger partial charge in [0.05, 0.1) is 19.2 Å². The third-order valence-corrected chi connectivity index (χ3v) is 7.65. The van der Waals surface area contributed by atoms with Gasteiger partial charge in [0.2, 0.25) is 16.2 Å². The smallest absolute Gasteiger partial charge is 0.419 e. The van der Waals surface area contributed by atoms with Crippen LogP contribution in [0.1, 0.15) is 17.5 Å². The molecule has 15 heteroatoms. The molecule has 4 heterocycles. The Morgan fingerprint density at radius 2 is 1.85 bits per heavy atom. The Hall–Kier alpha value is -3.56. The minimum Gasteiger partial charge on any atom is -0.496 e. The lowest BCUT2D eigenvalue weighted by atomic mass is 10.1. The van der Waals surface area contributed by atoms with Crippen molar-refractivity contribution >= 4 is 33.3 Å². The number of nitrogens with one attached hydrogen (secondary N) is 2. The lowest BCUT2D eigenvalue weighted by molar-refractivity contribution is -0.138. The summed E-state index contributed by atoms with van der Waals surface area (Å²) in [6.07, 6.45) is -1.88. The van der Waals surface area contributed by atoms with Gasteiger partial charge in [-0.25, -0.2) is 0 Å². The van der Waals surface area contributed by atoms with Crippen LogP contribution in [0.15, 0.2) is 36.5 Å². The predicted molar refractivity (Wildman–Crippen MR) is 145 cm³/mol. The molecule has 2 aliphatic heterocycles. The number of alkyl halides is 3. The molecule has 2 N–H and O–H groups in total. The van der Waals surface area contributed by atoms with Gasteiger partial charge in [0.25, 0.3) is 0 Å². The Bertz CT molecular complexity index is 1290. The van der Waals surface area contributed by atoms with Crippen LogP contribution in [0, 0.1) is 0 Å². The standard InChI is InChI=1S/C25H30F3N9O2S/c1-39-20-13-17(4-5-19(20)25(26,27)28)14-35-9-11-36(12-10-35)16-22(38)31-24-34-33-23(40-24)30-18-6-8-37(15-18)21-3-2-7-29-32-21/h2-5,7,13,18H,6,8-12,14-16H2,1H3,(H,30,33)(H,31,34,38)/t18-/m1/s1. The second-order valence-corrected chi connectivity index (χ2v) is 10.7. The first-order valence-corrected chi connectivity index (χ1v) is 13.7. The zero-order valence-corrected chi connectivity index (χ0v) is 22.7. The fraction of sp³-hybridized carbons (Fsp3) is 0.480. The van der Waals surface area contributed by atoms with Gasteiger partial charge in [-0.3, -0.25) is 19.9 Å². The highest BCUT2D eigenvalue weighted by Crippen LogP contribution is 2.36. The summed E-state index contributed by atoms with van der Waals surface area (Å²) in [5.74, 6) is 0.499. The lowest BCUT2D eigenvalue weighted by Gasteiger charge is -2.34. The fourth-order valence-electron chi connectivity index (χ4n) is 4.85. The zero-order valence-electron chi connectivity index (χ0n) is 21.9. The average molecular weight is 578 g/mol. The van der Waals surface area contributed by atoms with Crippen molar-refractivity contribution in [3.63, 3.8) is 0 Å². The first-order chi connectivity index (χ1) is 19.3. The van der Waals surface area contributed by atoms with Gasteiger partial charge in [-0.2, -0.15) is 18.3 Å². The van der Waals surface area contributed by atoms with E-state index in [1.807, 2.05) is 17.0 Å². The van der Waals surface area contributed by atoms with Crippen molar-refractivity contribution < 1.29 is 22.7 Å². The quantitative estimate of drug-likeness (QED) is 0.394. The molecular formula is C25H30F3N9O2S. The van der Waals surface area contributed by atoms with E-state index < -0.39 is 11.7 Å². The second kappa shape index (κ2) is 12.3. The Balaban J connectivity index is 1.04. The summed E-state index contributed by atoms with van der Waals surface area (Å²) in [5, 5.41) is 23.6. The summed E-state index contributed by atoms with van der Waals surface area (Å²) in [7, 11) is 1.24. The molecule has 2 aromatic heterocycles. The van der Waals surface area contributed by atoms with E-state index in [9.17, 15) is 18.0 Å². The Labute approximate surface area is 233 Å². The zero-order chi connectivity index (χ0) is 28.1. The minimum atomic E-state index is -4.46. The summed E-state index contributed by atoms with van der Waals surface area (Å²) < 4.78 is 44.3. The maximum Gasteiger partial charge on any atom is 0.419 e. The van der Waals surface area contributed by atoms with Gasteiger partial charge in [-0.1, -0.05) is 17.4 Å². The number of carbonyl (C=O) groups excluding carboxylic acids is 1. The first-order valence-electron chi connectivity index (χ1n) is 12.9. The second-order valence-electron chi connectivity index (χ2n) is 9.70. The molecule has 2 fully saturated rings. The molecule has 214 valence electrons. The highest BCUT2D eigenvalue weighted by Gasteiger charge is 2.34. The normalized spacial score (nSPS) is 18.6. The van der Waals surface area contributed by atoms with E-state index in [4.69, 9.17) is 4.74 Å². The van der Waals surface area contributed by atoms with Crippen LogP contribution in [0.4, 0.5) is 29.3 Å². The van der Waals surface area contributed by atoms with Crippen LogP contribution in [0.25, 0.3) is 0 Å². The van der Waals surface area contributed by atoms with Gasteiger partial charge in [0.1, 0.15) is 5.75 Å². The van der Waals surface area contributed by atoms with Crippen molar-refractivity contribution in [3.8, 4) is 5.75 Å². The average Bonchev–Trinajstić information content (AvgIpc) is 3.59. The van der Waals surface area contributed by atoms with Crippen molar-refractivity contribution in [3.05, 3.63) is 47.7 Å². The number of hydrogen-bond acceptors (Lipinski definition) is 11. The van der Waals surface area contributed by atoms with Gasteiger partial charge in [-0.15, -0.1) is 15.3 Å². The summed E-state index contributed by atoms with van der Waals surface area (Å²) >= 11 is 1.29. The summed E-state index contributed by atoms with van der Waals surface area (Å²) in [6, 6.07) is 7.98. The van der Waals surface area contributed by atoms with E-state index in [2.05, 4.69) is 40.8 Å². The molecule has 0 unspecified atom stereocenters. The van der Waals surface area contributed by atoms with E-state index in [0.717, 1.165) is 37.0 Å². The Morgan fingerprint density at radius 1 is 1.07 bits per heavy atom. The van der Waals surface area contributed by atoms with Gasteiger partial charge in [-0.05, 0) is 36.2 Å². The topological polar surface area (TPSA) is 112 Å². The number of aromatic nitrogens is 4. The Kier molecular flexibility index (Phi) is 8.61. The van der Waals surface area contributed by atoms with Crippen molar-refractivity contribution in [2.75, 3.05) is 68.5 Å². The number of rotatable bonds is 9. The molecule has 3 aromatic rings. The van der Waals surface area contributed by atoms with Crippen LogP contribution in [-0.2, 0) is 17.5 Å². The summed E-state index contributed by atoms with van der Waals surface area (Å²) in [5.41, 5.74) is -0.0350. The number of hydrogen-bond donors (Lipinski definition) is 2. The third kappa shape index (κ3) is 7.14. The molecular weight excluding hydrogens is 547 g/mol. The van der Waals surface area contributed by atoms with E-state index >= 15 is 0 Å². The van der Waals surface area contributed by atoms with E-state index in [0.29, 0.717) is 43.0 Å². The molecule has 0 radical (unpaired) electrons. The molecule has 0 aliphatic carbocycles. The van der Waals surface area contributed by atoms with Crippen molar-refractivity contribution in [2.45, 2.75) is 25.2 Å². The maximum absolute atomic E-state index is 13.1. The molecule has 5 rings (SSSR count). The van der Waals surface area contributed by atoms with Gasteiger partial charge >= 0.3 is 6.18 Å². The molecule has 1 atom stereocenters. The molecule has 11 nitrogen and oxygen atoms in total. The molecule has 1 amide bonds. The van der Waals surface area contributed by atoms with E-state index in [-0.39, 0.29) is 24.2 Å². The minimum absolute atomic E-state index is 0.168. The molecule has 1 aromatic carbocycles. The van der Waals surface area contributed by atoms with Crippen molar-refractivity contribution in [1.29, 1.82) is 0 Å². The maximum atomic E-state index is 13.1. The highest BCUT2D eigenvalue weighted by molar-refractivity contribution is 7.19. The van der Waals surface area contributed by atoms with E-state index in [1.54, 1.807) is 6.20 Å². The number of ether oxygens (including phenoxy) is 1. The van der Waals surface area contributed by atoms with Crippen molar-refractivity contribution in [1.82, 2.24) is 30.2 Å².